The minimum Gasteiger partial charge on any atom is -0.356 e. The summed E-state index contributed by atoms with van der Waals surface area (Å²) in [5.74, 6) is 1.09. The molecule has 2 N–H and O–H groups in total. The van der Waals surface area contributed by atoms with E-state index in [9.17, 15) is 4.79 Å². The summed E-state index contributed by atoms with van der Waals surface area (Å²) in [4.78, 5) is 18.2. The molecule has 1 aromatic rings. The fourth-order valence-electron chi connectivity index (χ4n) is 4.38. The van der Waals surface area contributed by atoms with Crippen molar-refractivity contribution < 1.29 is 4.79 Å². The second kappa shape index (κ2) is 10.3. The number of rotatable bonds is 5. The number of carbonyl (C=O) groups is 1. The van der Waals surface area contributed by atoms with Gasteiger partial charge in [0.2, 0.25) is 5.91 Å². The van der Waals surface area contributed by atoms with Crippen LogP contribution < -0.4 is 10.6 Å². The smallest absolute Gasteiger partial charge is 0.222 e. The first kappa shape index (κ1) is 22.0. The fourth-order valence-corrected chi connectivity index (χ4v) is 4.38. The monoisotopic (exact) mass is 484 g/mol. The minimum atomic E-state index is 0. The molecule has 1 unspecified atom stereocenters. The van der Waals surface area contributed by atoms with Gasteiger partial charge in [0.25, 0.3) is 0 Å². The molecule has 1 aromatic carbocycles. The molecule has 2 fully saturated rings. The average molecular weight is 484 g/mol. The van der Waals surface area contributed by atoms with Crippen molar-refractivity contribution in [1.29, 1.82) is 0 Å². The van der Waals surface area contributed by atoms with Crippen molar-refractivity contribution in [2.24, 2.45) is 4.99 Å². The zero-order chi connectivity index (χ0) is 18.4. The number of likely N-dealkylation sites (tertiary alicyclic amines) is 1. The van der Waals surface area contributed by atoms with E-state index in [0.29, 0.717) is 6.42 Å². The highest BCUT2D eigenvalue weighted by molar-refractivity contribution is 14.0. The van der Waals surface area contributed by atoms with Crippen molar-refractivity contribution in [3.63, 3.8) is 0 Å². The van der Waals surface area contributed by atoms with Gasteiger partial charge in [0.05, 0.1) is 0 Å². The molecule has 1 aliphatic heterocycles. The van der Waals surface area contributed by atoms with Crippen LogP contribution in [0.25, 0.3) is 0 Å². The molecule has 0 aromatic heterocycles. The van der Waals surface area contributed by atoms with Crippen molar-refractivity contribution in [1.82, 2.24) is 15.5 Å². The molecule has 3 rings (SSSR count). The van der Waals surface area contributed by atoms with Gasteiger partial charge in [-0.2, -0.15) is 0 Å². The van der Waals surface area contributed by atoms with Crippen LogP contribution in [0, 0.1) is 0 Å². The van der Waals surface area contributed by atoms with Gasteiger partial charge in [0, 0.05) is 44.6 Å². The number of nitrogens with one attached hydrogen (secondary N) is 2. The van der Waals surface area contributed by atoms with Crippen LogP contribution in [0.4, 0.5) is 0 Å². The molecule has 1 aliphatic carbocycles. The van der Waals surface area contributed by atoms with Gasteiger partial charge in [-0.05, 0) is 24.8 Å². The number of carbonyl (C=O) groups excluding carboxylic acids is 1. The number of halogens is 1. The molecular formula is C21H33IN4O. The van der Waals surface area contributed by atoms with Gasteiger partial charge in [-0.15, -0.1) is 24.0 Å². The number of hydrogen-bond acceptors (Lipinski definition) is 2. The topological polar surface area (TPSA) is 56.7 Å². The van der Waals surface area contributed by atoms with Gasteiger partial charge in [-0.3, -0.25) is 9.79 Å². The molecule has 0 bridgehead atoms. The Bertz CT molecular complexity index is 628. The molecule has 1 saturated carbocycles. The van der Waals surface area contributed by atoms with Crippen LogP contribution in [0.2, 0.25) is 0 Å². The highest BCUT2D eigenvalue weighted by Crippen LogP contribution is 2.40. The Labute approximate surface area is 180 Å². The normalized spacial score (nSPS) is 21.6. The van der Waals surface area contributed by atoms with Gasteiger partial charge in [-0.25, -0.2) is 0 Å². The van der Waals surface area contributed by atoms with E-state index in [1.807, 2.05) is 18.9 Å². The fraction of sp³-hybridized carbons (Fsp3) is 0.619. The van der Waals surface area contributed by atoms with Gasteiger partial charge < -0.3 is 15.5 Å². The number of hydrogen-bond donors (Lipinski definition) is 2. The number of nitrogens with zero attached hydrogens (tertiary/aromatic N) is 2. The zero-order valence-electron chi connectivity index (χ0n) is 16.5. The maximum atomic E-state index is 11.9. The highest BCUT2D eigenvalue weighted by Gasteiger charge is 2.35. The van der Waals surface area contributed by atoms with E-state index < -0.39 is 0 Å². The van der Waals surface area contributed by atoms with Crippen molar-refractivity contribution >= 4 is 35.8 Å². The summed E-state index contributed by atoms with van der Waals surface area (Å²) < 4.78 is 0. The molecule has 150 valence electrons. The first-order valence-corrected chi connectivity index (χ1v) is 9.97. The van der Waals surface area contributed by atoms with Crippen LogP contribution in [0.1, 0.15) is 51.0 Å². The largest absolute Gasteiger partial charge is 0.356 e. The van der Waals surface area contributed by atoms with Crippen LogP contribution >= 0.6 is 24.0 Å². The zero-order valence-corrected chi connectivity index (χ0v) is 18.9. The molecule has 6 heteroatoms. The molecule has 0 radical (unpaired) electrons. The van der Waals surface area contributed by atoms with E-state index in [1.54, 1.807) is 0 Å². The Kier molecular flexibility index (Phi) is 8.38. The van der Waals surface area contributed by atoms with Crippen LogP contribution in [0.15, 0.2) is 35.3 Å². The molecular weight excluding hydrogens is 451 g/mol. The first-order valence-electron chi connectivity index (χ1n) is 9.97. The van der Waals surface area contributed by atoms with Crippen LogP contribution in [-0.2, 0) is 10.2 Å². The van der Waals surface area contributed by atoms with Crippen molar-refractivity contribution in [2.45, 2.75) is 56.9 Å². The standard InChI is InChI=1S/C21H32N4O.HI/c1-3-19(26)25-14-11-18(15-25)24-20(22-2)23-16-21(12-7-8-13-21)17-9-5-4-6-10-17;/h4-6,9-10,18H,3,7-8,11-16H2,1-2H3,(H2,22,23,24);1H. The van der Waals surface area contributed by atoms with E-state index in [-0.39, 0.29) is 41.3 Å². The van der Waals surface area contributed by atoms with E-state index in [1.165, 1.54) is 31.2 Å². The van der Waals surface area contributed by atoms with Crippen LogP contribution in [0.3, 0.4) is 0 Å². The summed E-state index contributed by atoms with van der Waals surface area (Å²) in [5, 5.41) is 7.08. The third kappa shape index (κ3) is 5.36. The van der Waals surface area contributed by atoms with Gasteiger partial charge in [0.15, 0.2) is 5.96 Å². The Balaban J connectivity index is 0.00000261. The van der Waals surface area contributed by atoms with Crippen molar-refractivity contribution in [2.75, 3.05) is 26.7 Å². The number of aliphatic imine (C=N–C) groups is 1. The molecule has 1 heterocycles. The maximum absolute atomic E-state index is 11.9. The van der Waals surface area contributed by atoms with E-state index in [4.69, 9.17) is 0 Å². The van der Waals surface area contributed by atoms with Gasteiger partial charge in [0.1, 0.15) is 0 Å². The lowest BCUT2D eigenvalue weighted by atomic mass is 9.79. The van der Waals surface area contributed by atoms with Gasteiger partial charge >= 0.3 is 0 Å². The molecule has 1 saturated heterocycles. The molecule has 0 spiro atoms. The Morgan fingerprint density at radius 2 is 1.96 bits per heavy atom. The first-order chi connectivity index (χ1) is 12.7. The third-order valence-electron chi connectivity index (χ3n) is 5.95. The SMILES string of the molecule is CCC(=O)N1CCC(NC(=NC)NCC2(c3ccccc3)CCCC2)C1.I. The predicted molar refractivity (Wildman–Crippen MR) is 122 cm³/mol. The lowest BCUT2D eigenvalue weighted by Gasteiger charge is -2.31. The Hall–Kier alpha value is -1.31. The number of amides is 1. The summed E-state index contributed by atoms with van der Waals surface area (Å²) in [6, 6.07) is 11.2. The molecule has 5 nitrogen and oxygen atoms in total. The maximum Gasteiger partial charge on any atom is 0.222 e. The minimum absolute atomic E-state index is 0. The summed E-state index contributed by atoms with van der Waals surface area (Å²) in [6.07, 6.45) is 6.60. The van der Waals surface area contributed by atoms with Crippen molar-refractivity contribution in [3.8, 4) is 0 Å². The molecule has 27 heavy (non-hydrogen) atoms. The average Bonchev–Trinajstić information content (AvgIpc) is 3.35. The summed E-state index contributed by atoms with van der Waals surface area (Å²) >= 11 is 0. The van der Waals surface area contributed by atoms with E-state index in [2.05, 4.69) is 46.0 Å². The number of guanidine groups is 1. The summed E-state index contributed by atoms with van der Waals surface area (Å²) in [5.41, 5.74) is 1.64. The Morgan fingerprint density at radius 1 is 1.26 bits per heavy atom. The van der Waals surface area contributed by atoms with Crippen LogP contribution in [-0.4, -0.2) is 49.5 Å². The quantitative estimate of drug-likeness (QED) is 0.383. The summed E-state index contributed by atoms with van der Waals surface area (Å²) in [6.45, 7) is 4.45. The third-order valence-corrected chi connectivity index (χ3v) is 5.95. The van der Waals surface area contributed by atoms with Gasteiger partial charge in [-0.1, -0.05) is 50.1 Å². The lowest BCUT2D eigenvalue weighted by Crippen LogP contribution is -2.48. The second-order valence-corrected chi connectivity index (χ2v) is 7.60. The Morgan fingerprint density at radius 3 is 2.59 bits per heavy atom. The predicted octanol–water partition coefficient (Wildman–Crippen LogP) is 3.29. The van der Waals surface area contributed by atoms with Crippen LogP contribution in [0.5, 0.6) is 0 Å². The van der Waals surface area contributed by atoms with E-state index in [0.717, 1.165) is 32.0 Å². The molecule has 1 atom stereocenters. The lowest BCUT2D eigenvalue weighted by molar-refractivity contribution is -0.129. The molecule has 1 amide bonds. The molecule has 2 aliphatic rings. The second-order valence-electron chi connectivity index (χ2n) is 7.60. The highest BCUT2D eigenvalue weighted by atomic mass is 127. The van der Waals surface area contributed by atoms with E-state index >= 15 is 0 Å². The number of benzene rings is 1. The van der Waals surface area contributed by atoms with Crippen molar-refractivity contribution in [3.05, 3.63) is 35.9 Å². The summed E-state index contributed by atoms with van der Waals surface area (Å²) in [7, 11) is 1.82.